The van der Waals surface area contributed by atoms with E-state index < -0.39 is 67.3 Å². The first-order valence-electron chi connectivity index (χ1n) is 27.5. The molecule has 1 aliphatic rings. The van der Waals surface area contributed by atoms with Gasteiger partial charge >= 0.3 is 23.9 Å². The first-order chi connectivity index (χ1) is 36.6. The molecule has 0 radical (unpaired) electrons. The number of rotatable bonds is 43. The first-order valence-corrected chi connectivity index (χ1v) is 27.5. The maximum absolute atomic E-state index is 13.1. The normalized spacial score (nSPS) is 19.4. The number of unbranched alkanes of at least 4 members (excludes halogenated alkanes) is 3. The van der Waals surface area contributed by atoms with Crippen LogP contribution in [0.25, 0.3) is 0 Å². The third-order valence-corrected chi connectivity index (χ3v) is 11.1. The van der Waals surface area contributed by atoms with E-state index in [1.165, 1.54) is 0 Å². The molecule has 6 atom stereocenters. The van der Waals surface area contributed by atoms with Crippen molar-refractivity contribution in [3.05, 3.63) is 158 Å². The number of ether oxygens (including phenoxy) is 5. The third-order valence-electron chi connectivity index (χ3n) is 11.1. The van der Waals surface area contributed by atoms with Crippen LogP contribution in [0.2, 0.25) is 0 Å². The Kier molecular flexibility index (Phi) is 44.2. The van der Waals surface area contributed by atoms with E-state index in [0.29, 0.717) is 32.1 Å². The van der Waals surface area contributed by atoms with Gasteiger partial charge in [0.15, 0.2) is 24.6 Å². The second-order valence-electron chi connectivity index (χ2n) is 17.7. The van der Waals surface area contributed by atoms with Crippen molar-refractivity contribution >= 4 is 23.9 Å². The van der Waals surface area contributed by atoms with E-state index in [9.17, 15) is 34.5 Å². The van der Waals surface area contributed by atoms with Gasteiger partial charge in [0.1, 0.15) is 18.8 Å². The fourth-order valence-corrected chi connectivity index (χ4v) is 7.01. The summed E-state index contributed by atoms with van der Waals surface area (Å²) in [5, 5.41) is 31.4. The molecule has 0 spiro atoms. The summed E-state index contributed by atoms with van der Waals surface area (Å²) in [4.78, 5) is 50.9. The summed E-state index contributed by atoms with van der Waals surface area (Å²) in [7, 11) is 0. The van der Waals surface area contributed by atoms with Gasteiger partial charge in [0.05, 0.1) is 6.61 Å². The summed E-state index contributed by atoms with van der Waals surface area (Å²) in [6.07, 6.45) is 59.7. The van der Waals surface area contributed by atoms with Gasteiger partial charge in [-0.3, -0.25) is 14.4 Å². The van der Waals surface area contributed by atoms with Crippen LogP contribution in [-0.2, 0) is 42.9 Å². The number of esters is 3. The van der Waals surface area contributed by atoms with E-state index in [4.69, 9.17) is 23.7 Å². The Labute approximate surface area is 450 Å². The highest BCUT2D eigenvalue weighted by Gasteiger charge is 2.50. The molecular weight excluding hydrogens is 949 g/mol. The van der Waals surface area contributed by atoms with Gasteiger partial charge in [-0.2, -0.15) is 0 Å². The molecule has 0 aromatic rings. The minimum absolute atomic E-state index is 0.0159. The Hall–Kier alpha value is -5.66. The van der Waals surface area contributed by atoms with Crippen LogP contribution in [0.5, 0.6) is 0 Å². The number of aliphatic hydroxyl groups excluding tert-OH is 2. The summed E-state index contributed by atoms with van der Waals surface area (Å²) in [6.45, 7) is 5.47. The molecule has 0 aromatic heterocycles. The van der Waals surface area contributed by atoms with Gasteiger partial charge in [-0.1, -0.05) is 185 Å². The number of hydrogen-bond acceptors (Lipinski definition) is 11. The molecule has 6 unspecified atom stereocenters. The van der Waals surface area contributed by atoms with Crippen molar-refractivity contribution in [1.82, 2.24) is 0 Å². The van der Waals surface area contributed by atoms with Crippen molar-refractivity contribution in [2.75, 3.05) is 13.2 Å². The van der Waals surface area contributed by atoms with Crippen LogP contribution in [-0.4, -0.2) is 89.2 Å². The highest BCUT2D eigenvalue weighted by molar-refractivity contribution is 5.74. The Morgan fingerprint density at radius 1 is 0.440 bits per heavy atom. The lowest BCUT2D eigenvalue weighted by atomic mass is 9.98. The van der Waals surface area contributed by atoms with Gasteiger partial charge in [0.25, 0.3) is 0 Å². The summed E-state index contributed by atoms with van der Waals surface area (Å²) >= 11 is 0. The molecule has 1 aliphatic heterocycles. The molecule has 0 amide bonds. The van der Waals surface area contributed by atoms with Crippen molar-refractivity contribution in [2.24, 2.45) is 0 Å². The molecule has 1 fully saturated rings. The number of carbonyl (C=O) groups is 4. The number of carbonyl (C=O) groups excluding carboxylic acids is 3. The van der Waals surface area contributed by atoms with Crippen molar-refractivity contribution in [1.29, 1.82) is 0 Å². The van der Waals surface area contributed by atoms with Crippen LogP contribution in [0.4, 0.5) is 0 Å². The molecule has 1 rings (SSSR count). The number of hydrogen-bond donors (Lipinski definition) is 3. The predicted molar refractivity (Wildman–Crippen MR) is 302 cm³/mol. The smallest absolute Gasteiger partial charge is 0.335 e. The standard InChI is InChI=1S/C63H92O12/c1-4-7-10-13-16-19-22-25-26-27-28-29-30-33-34-37-40-43-46-49-55(64)71-52-54(73-56(65)50-47-44-41-38-35-31-23-20-17-14-11-8-5-2)53-72-63-61(59(68)58(67)60(75-63)62(69)70)74-57(66)51-48-45-42-39-36-32-24-21-18-15-12-9-6-3/h7-12,16-21,25-26,28-29,31-36,41-42,44-45,54,58-61,63,67-68H,4-6,13-15,22-24,27,30,37-40,43,46-53H2,1-3H3,(H,69,70)/b10-7-,11-8-,12-9-,19-16-,20-17-,21-18-,26-25-,29-28-,34-33-,35-31-,36-32-,44-41-,45-42-. The van der Waals surface area contributed by atoms with Gasteiger partial charge in [0, 0.05) is 19.3 Å². The van der Waals surface area contributed by atoms with Gasteiger partial charge in [-0.15, -0.1) is 0 Å². The van der Waals surface area contributed by atoms with Crippen LogP contribution in [0.3, 0.4) is 0 Å². The quantitative estimate of drug-likeness (QED) is 0.0228. The summed E-state index contributed by atoms with van der Waals surface area (Å²) in [5.41, 5.74) is 0. The first kappa shape index (κ1) is 67.4. The van der Waals surface area contributed by atoms with E-state index in [-0.39, 0.29) is 25.9 Å². The van der Waals surface area contributed by atoms with E-state index in [0.717, 1.165) is 89.9 Å². The third kappa shape index (κ3) is 39.4. The van der Waals surface area contributed by atoms with Crippen molar-refractivity contribution in [2.45, 2.75) is 199 Å². The number of aliphatic carboxylic acids is 1. The molecular formula is C63H92O12. The fraction of sp³-hybridized carbons (Fsp3) is 0.524. The van der Waals surface area contributed by atoms with Crippen LogP contribution >= 0.6 is 0 Å². The lowest BCUT2D eigenvalue weighted by Gasteiger charge is -2.40. The zero-order valence-electron chi connectivity index (χ0n) is 45.5. The molecule has 0 aliphatic carbocycles. The van der Waals surface area contributed by atoms with Crippen molar-refractivity contribution in [3.63, 3.8) is 0 Å². The van der Waals surface area contributed by atoms with E-state index in [2.05, 4.69) is 142 Å². The lowest BCUT2D eigenvalue weighted by molar-refractivity contribution is -0.301. The molecule has 12 heteroatoms. The number of aliphatic hydroxyl groups is 2. The van der Waals surface area contributed by atoms with Crippen LogP contribution in [0, 0.1) is 0 Å². The van der Waals surface area contributed by atoms with Crippen molar-refractivity contribution in [3.8, 4) is 0 Å². The van der Waals surface area contributed by atoms with Gasteiger partial charge in [-0.05, 0) is 116 Å². The lowest BCUT2D eigenvalue weighted by Crippen LogP contribution is -2.61. The van der Waals surface area contributed by atoms with Crippen LogP contribution in [0.15, 0.2) is 158 Å². The minimum atomic E-state index is -1.95. The predicted octanol–water partition coefficient (Wildman–Crippen LogP) is 13.8. The average molecular weight is 1040 g/mol. The molecule has 3 N–H and O–H groups in total. The monoisotopic (exact) mass is 1040 g/mol. The molecule has 0 saturated carbocycles. The molecule has 75 heavy (non-hydrogen) atoms. The average Bonchev–Trinajstić information content (AvgIpc) is 3.39. The second-order valence-corrected chi connectivity index (χ2v) is 17.7. The topological polar surface area (TPSA) is 175 Å². The number of carboxylic acid groups (broad SMARTS) is 1. The summed E-state index contributed by atoms with van der Waals surface area (Å²) < 4.78 is 28.1. The summed E-state index contributed by atoms with van der Waals surface area (Å²) in [6, 6.07) is 0. The molecule has 1 heterocycles. The fourth-order valence-electron chi connectivity index (χ4n) is 7.01. The highest BCUT2D eigenvalue weighted by atomic mass is 16.7. The Bertz CT molecular complexity index is 1910. The zero-order chi connectivity index (χ0) is 54.7. The highest BCUT2D eigenvalue weighted by Crippen LogP contribution is 2.26. The Morgan fingerprint density at radius 2 is 0.827 bits per heavy atom. The number of carboxylic acids is 1. The zero-order valence-corrected chi connectivity index (χ0v) is 45.5. The SMILES string of the molecule is CC/C=C\C/C=C\C/C=C\C/C=C\C/C=C\CCCCCC(=O)OCC(COC1OC(C(=O)O)C(O)C(O)C1OC(=O)CC/C=C\C/C=C\C/C=C\C/C=C\CC)OC(=O)CC/C=C\C/C=C\C/C=C\C/C=C\CC. The van der Waals surface area contributed by atoms with Crippen molar-refractivity contribution < 1.29 is 58.2 Å². The maximum atomic E-state index is 13.1. The maximum Gasteiger partial charge on any atom is 0.335 e. The molecule has 12 nitrogen and oxygen atoms in total. The van der Waals surface area contributed by atoms with E-state index >= 15 is 0 Å². The van der Waals surface area contributed by atoms with E-state index in [1.54, 1.807) is 0 Å². The second kappa shape index (κ2) is 49.2. The molecule has 0 bridgehead atoms. The van der Waals surface area contributed by atoms with Crippen LogP contribution in [0.1, 0.15) is 162 Å². The molecule has 0 aromatic carbocycles. The van der Waals surface area contributed by atoms with Gasteiger partial charge < -0.3 is 39.0 Å². The minimum Gasteiger partial charge on any atom is -0.479 e. The van der Waals surface area contributed by atoms with Gasteiger partial charge in [0.2, 0.25) is 0 Å². The molecule has 1 saturated heterocycles. The van der Waals surface area contributed by atoms with Crippen LogP contribution < -0.4 is 0 Å². The Balaban J connectivity index is 2.81. The van der Waals surface area contributed by atoms with E-state index in [1.807, 2.05) is 36.5 Å². The Morgan fingerprint density at radius 3 is 1.24 bits per heavy atom. The largest absolute Gasteiger partial charge is 0.479 e. The molecule has 416 valence electrons. The number of allylic oxidation sites excluding steroid dienone is 26. The summed E-state index contributed by atoms with van der Waals surface area (Å²) in [5.74, 6) is -3.42. The van der Waals surface area contributed by atoms with Gasteiger partial charge in [-0.25, -0.2) is 4.79 Å².